The zero-order valence-corrected chi connectivity index (χ0v) is 11.7. The highest BCUT2D eigenvalue weighted by atomic mass is 79.9. The molecule has 0 aliphatic carbocycles. The topological polar surface area (TPSA) is 50.8 Å². The van der Waals surface area contributed by atoms with E-state index in [0.29, 0.717) is 11.3 Å². The average Bonchev–Trinajstić information content (AvgIpc) is 2.76. The van der Waals surface area contributed by atoms with Gasteiger partial charge in [0.25, 0.3) is 0 Å². The van der Waals surface area contributed by atoms with Gasteiger partial charge in [-0.2, -0.15) is 10.4 Å². The molecule has 0 spiro atoms. The summed E-state index contributed by atoms with van der Waals surface area (Å²) in [5, 5.41) is 13.3. The summed E-state index contributed by atoms with van der Waals surface area (Å²) in [6.45, 7) is 3.91. The number of hydrogen-bond donors (Lipinski definition) is 0. The van der Waals surface area contributed by atoms with Gasteiger partial charge in [-0.05, 0) is 32.0 Å². The predicted octanol–water partition coefficient (Wildman–Crippen LogP) is 3.29. The van der Waals surface area contributed by atoms with Crippen molar-refractivity contribution >= 4 is 15.9 Å². The molecule has 92 valence electrons. The Morgan fingerprint density at radius 1 is 1.44 bits per heavy atom. The number of benzene rings is 1. The lowest BCUT2D eigenvalue weighted by molar-refractivity contribution is 0.242. The fourth-order valence-electron chi connectivity index (χ4n) is 1.57. The maximum absolute atomic E-state index is 9.11. The van der Waals surface area contributed by atoms with Gasteiger partial charge in [0.1, 0.15) is 6.07 Å². The minimum absolute atomic E-state index is 0.100. The molecule has 4 nitrogen and oxygen atoms in total. The van der Waals surface area contributed by atoms with Crippen LogP contribution < -0.4 is 4.74 Å². The molecule has 5 heteroatoms. The van der Waals surface area contributed by atoms with Crippen molar-refractivity contribution in [2.45, 2.75) is 20.0 Å². The molecular formula is C13H12BrN3O. The van der Waals surface area contributed by atoms with Crippen LogP contribution >= 0.6 is 15.9 Å². The van der Waals surface area contributed by atoms with Gasteiger partial charge in [0.15, 0.2) is 5.75 Å². The van der Waals surface area contributed by atoms with Crippen LogP contribution in [0.3, 0.4) is 0 Å². The summed E-state index contributed by atoms with van der Waals surface area (Å²) in [5.41, 5.74) is 1.29. The van der Waals surface area contributed by atoms with E-state index in [-0.39, 0.29) is 6.10 Å². The van der Waals surface area contributed by atoms with E-state index in [4.69, 9.17) is 10.00 Å². The van der Waals surface area contributed by atoms with Crippen molar-refractivity contribution in [3.63, 3.8) is 0 Å². The van der Waals surface area contributed by atoms with E-state index in [0.717, 1.165) is 10.2 Å². The number of hydrogen-bond acceptors (Lipinski definition) is 3. The fourth-order valence-corrected chi connectivity index (χ4v) is 1.93. The van der Waals surface area contributed by atoms with E-state index in [2.05, 4.69) is 27.1 Å². The first kappa shape index (κ1) is 12.7. The van der Waals surface area contributed by atoms with E-state index in [1.807, 2.05) is 26.0 Å². The number of halogens is 1. The molecule has 0 aliphatic rings. The number of rotatable bonds is 3. The first-order valence-corrected chi connectivity index (χ1v) is 6.31. The van der Waals surface area contributed by atoms with Crippen LogP contribution in [-0.2, 0) is 0 Å². The number of nitrogens with zero attached hydrogens (tertiary/aromatic N) is 3. The van der Waals surface area contributed by atoms with E-state index in [1.54, 1.807) is 23.1 Å². The van der Waals surface area contributed by atoms with Crippen LogP contribution in [0.5, 0.6) is 5.75 Å². The number of ether oxygens (including phenoxy) is 1. The van der Waals surface area contributed by atoms with Crippen molar-refractivity contribution in [2.24, 2.45) is 0 Å². The van der Waals surface area contributed by atoms with Gasteiger partial charge < -0.3 is 4.74 Å². The highest BCUT2D eigenvalue weighted by molar-refractivity contribution is 9.10. The standard InChI is InChI=1S/C13H12BrN3O/c1-9(2)18-12-7-16-17(8-12)13-4-3-11(14)5-10(13)6-15/h3-5,7-9H,1-2H3. The SMILES string of the molecule is CC(C)Oc1cnn(-c2ccc(Br)cc2C#N)c1. The third-order valence-electron chi connectivity index (χ3n) is 2.26. The summed E-state index contributed by atoms with van der Waals surface area (Å²) < 4.78 is 8.05. The first-order valence-electron chi connectivity index (χ1n) is 5.51. The van der Waals surface area contributed by atoms with Gasteiger partial charge in [-0.15, -0.1) is 0 Å². The molecule has 0 amide bonds. The lowest BCUT2D eigenvalue weighted by atomic mass is 10.2. The lowest BCUT2D eigenvalue weighted by Gasteiger charge is -2.06. The van der Waals surface area contributed by atoms with Crippen LogP contribution in [-0.4, -0.2) is 15.9 Å². The van der Waals surface area contributed by atoms with Gasteiger partial charge in [-0.1, -0.05) is 15.9 Å². The molecule has 0 saturated heterocycles. The molecule has 0 N–H and O–H groups in total. The van der Waals surface area contributed by atoms with Crippen molar-refractivity contribution in [1.82, 2.24) is 9.78 Å². The minimum atomic E-state index is 0.100. The largest absolute Gasteiger partial charge is 0.488 e. The Morgan fingerprint density at radius 3 is 2.89 bits per heavy atom. The summed E-state index contributed by atoms with van der Waals surface area (Å²) >= 11 is 3.34. The second kappa shape index (κ2) is 5.23. The quantitative estimate of drug-likeness (QED) is 0.874. The van der Waals surface area contributed by atoms with Crippen LogP contribution in [0.4, 0.5) is 0 Å². The number of aromatic nitrogens is 2. The van der Waals surface area contributed by atoms with Crippen LogP contribution in [0, 0.1) is 11.3 Å². The van der Waals surface area contributed by atoms with Crippen LogP contribution in [0.2, 0.25) is 0 Å². The van der Waals surface area contributed by atoms with Crippen molar-refractivity contribution in [3.05, 3.63) is 40.6 Å². The van der Waals surface area contributed by atoms with E-state index < -0.39 is 0 Å². The Labute approximate surface area is 114 Å². The second-order valence-electron chi connectivity index (χ2n) is 4.06. The third-order valence-corrected chi connectivity index (χ3v) is 2.75. The molecule has 0 bridgehead atoms. The molecule has 2 rings (SSSR count). The summed E-state index contributed by atoms with van der Waals surface area (Å²) in [4.78, 5) is 0. The molecule has 0 radical (unpaired) electrons. The van der Waals surface area contributed by atoms with Gasteiger partial charge in [0.05, 0.1) is 29.7 Å². The molecule has 0 atom stereocenters. The molecule has 1 aromatic carbocycles. The normalized spacial score (nSPS) is 10.4. The van der Waals surface area contributed by atoms with Crippen LogP contribution in [0.15, 0.2) is 35.1 Å². The van der Waals surface area contributed by atoms with E-state index in [9.17, 15) is 0 Å². The summed E-state index contributed by atoms with van der Waals surface area (Å²) in [5.74, 6) is 0.691. The highest BCUT2D eigenvalue weighted by Gasteiger charge is 2.08. The Hall–Kier alpha value is -1.80. The van der Waals surface area contributed by atoms with Gasteiger partial charge in [0, 0.05) is 4.47 Å². The molecule has 2 aromatic rings. The summed E-state index contributed by atoms with van der Waals surface area (Å²) in [6.07, 6.45) is 3.51. The smallest absolute Gasteiger partial charge is 0.158 e. The van der Waals surface area contributed by atoms with E-state index >= 15 is 0 Å². The van der Waals surface area contributed by atoms with Crippen LogP contribution in [0.25, 0.3) is 5.69 Å². The van der Waals surface area contributed by atoms with Crippen molar-refractivity contribution in [2.75, 3.05) is 0 Å². The summed E-state index contributed by atoms with van der Waals surface area (Å²) in [7, 11) is 0. The monoisotopic (exact) mass is 305 g/mol. The first-order chi connectivity index (χ1) is 8.60. The van der Waals surface area contributed by atoms with Crippen LogP contribution in [0.1, 0.15) is 19.4 Å². The Bertz CT molecular complexity index is 599. The molecule has 0 fully saturated rings. The average molecular weight is 306 g/mol. The lowest BCUT2D eigenvalue weighted by Crippen LogP contribution is -2.04. The Morgan fingerprint density at radius 2 is 2.22 bits per heavy atom. The van der Waals surface area contributed by atoms with Crippen molar-refractivity contribution in [1.29, 1.82) is 5.26 Å². The molecular weight excluding hydrogens is 294 g/mol. The molecule has 1 aromatic heterocycles. The third kappa shape index (κ3) is 2.71. The molecule has 1 heterocycles. The number of nitriles is 1. The van der Waals surface area contributed by atoms with Gasteiger partial charge >= 0.3 is 0 Å². The van der Waals surface area contributed by atoms with Gasteiger partial charge in [-0.3, -0.25) is 0 Å². The minimum Gasteiger partial charge on any atom is -0.488 e. The van der Waals surface area contributed by atoms with Gasteiger partial charge in [0.2, 0.25) is 0 Å². The Kier molecular flexibility index (Phi) is 3.68. The van der Waals surface area contributed by atoms with E-state index in [1.165, 1.54) is 0 Å². The Balaban J connectivity index is 2.37. The van der Waals surface area contributed by atoms with Crippen molar-refractivity contribution in [3.8, 4) is 17.5 Å². The maximum atomic E-state index is 9.11. The van der Waals surface area contributed by atoms with Gasteiger partial charge in [-0.25, -0.2) is 4.68 Å². The highest BCUT2D eigenvalue weighted by Crippen LogP contribution is 2.21. The molecule has 0 saturated carbocycles. The molecule has 18 heavy (non-hydrogen) atoms. The zero-order chi connectivity index (χ0) is 13.1. The zero-order valence-electron chi connectivity index (χ0n) is 10.1. The predicted molar refractivity (Wildman–Crippen MR) is 71.7 cm³/mol. The second-order valence-corrected chi connectivity index (χ2v) is 4.98. The molecule has 0 unspecified atom stereocenters. The fraction of sp³-hybridized carbons (Fsp3) is 0.231. The van der Waals surface area contributed by atoms with Crippen molar-refractivity contribution < 1.29 is 4.74 Å². The maximum Gasteiger partial charge on any atom is 0.158 e. The molecule has 0 aliphatic heterocycles. The summed E-state index contributed by atoms with van der Waals surface area (Å²) in [6, 6.07) is 7.64.